The highest BCUT2D eigenvalue weighted by molar-refractivity contribution is 8.08. The molecule has 0 aliphatic carbocycles. The van der Waals surface area contributed by atoms with Crippen molar-refractivity contribution in [1.29, 1.82) is 0 Å². The Kier molecular flexibility index (Phi) is 4.89. The quantitative estimate of drug-likeness (QED) is 0.651. The molecule has 3 heterocycles. The Labute approximate surface area is 158 Å². The lowest BCUT2D eigenvalue weighted by atomic mass is 9.89. The van der Waals surface area contributed by atoms with Crippen LogP contribution in [0.2, 0.25) is 0 Å². The predicted octanol–water partition coefficient (Wildman–Crippen LogP) is 5.40. The maximum absolute atomic E-state index is 14.4. The maximum atomic E-state index is 14.4. The number of rotatable bonds is 4. The Morgan fingerprint density at radius 3 is 2.73 bits per heavy atom. The first-order valence-corrected chi connectivity index (χ1v) is 9.95. The van der Waals surface area contributed by atoms with Gasteiger partial charge in [-0.15, -0.1) is 23.1 Å². The molecule has 0 saturated heterocycles. The van der Waals surface area contributed by atoms with E-state index in [2.05, 4.69) is 4.98 Å². The molecular formula is C20H15F2NOS2. The normalized spacial score (nSPS) is 18.3. The molecule has 2 aromatic heterocycles. The van der Waals surface area contributed by atoms with Crippen molar-refractivity contribution in [3.63, 3.8) is 0 Å². The number of aromatic nitrogens is 1. The maximum Gasteiger partial charge on any atom is 0.134 e. The van der Waals surface area contributed by atoms with E-state index in [1.54, 1.807) is 35.9 Å². The Morgan fingerprint density at radius 1 is 1.15 bits per heavy atom. The van der Waals surface area contributed by atoms with Gasteiger partial charge >= 0.3 is 0 Å². The number of pyridine rings is 1. The summed E-state index contributed by atoms with van der Waals surface area (Å²) in [5.74, 6) is -0.539. The Balaban J connectivity index is 1.86. The average molecular weight is 387 g/mol. The highest BCUT2D eigenvalue weighted by Crippen LogP contribution is 2.52. The number of aliphatic hydroxyl groups excluding tert-OH is 1. The number of hydrogen-bond acceptors (Lipinski definition) is 4. The van der Waals surface area contributed by atoms with Crippen molar-refractivity contribution in [1.82, 2.24) is 4.98 Å². The van der Waals surface area contributed by atoms with E-state index in [-0.39, 0.29) is 5.92 Å². The largest absolute Gasteiger partial charge is 0.384 e. The second-order valence-electron chi connectivity index (χ2n) is 5.98. The van der Waals surface area contributed by atoms with Crippen LogP contribution in [0.25, 0.3) is 4.91 Å². The van der Waals surface area contributed by atoms with Crippen molar-refractivity contribution in [3.05, 3.63) is 93.4 Å². The van der Waals surface area contributed by atoms with Crippen molar-refractivity contribution >= 4 is 28.0 Å². The molecule has 0 amide bonds. The Bertz CT molecular complexity index is 942. The summed E-state index contributed by atoms with van der Waals surface area (Å²) in [5.41, 5.74) is 1.73. The molecule has 0 radical (unpaired) electrons. The van der Waals surface area contributed by atoms with Crippen LogP contribution in [0.3, 0.4) is 0 Å². The van der Waals surface area contributed by atoms with E-state index in [1.807, 2.05) is 17.5 Å². The van der Waals surface area contributed by atoms with E-state index in [0.717, 1.165) is 16.5 Å². The molecule has 0 spiro atoms. The molecule has 1 aromatic carbocycles. The molecule has 0 bridgehead atoms. The van der Waals surface area contributed by atoms with Crippen molar-refractivity contribution in [2.45, 2.75) is 12.0 Å². The van der Waals surface area contributed by atoms with Crippen LogP contribution >= 0.6 is 23.1 Å². The zero-order valence-corrected chi connectivity index (χ0v) is 15.2. The summed E-state index contributed by atoms with van der Waals surface area (Å²) in [6.45, 7) is 0. The van der Waals surface area contributed by atoms with Crippen LogP contribution in [-0.4, -0.2) is 15.8 Å². The smallest absolute Gasteiger partial charge is 0.134 e. The minimum atomic E-state index is -0.898. The number of thiophene rings is 1. The van der Waals surface area contributed by atoms with E-state index in [0.29, 0.717) is 21.8 Å². The van der Waals surface area contributed by atoms with Crippen LogP contribution in [0.4, 0.5) is 8.78 Å². The summed E-state index contributed by atoms with van der Waals surface area (Å²) >= 11 is 3.11. The summed E-state index contributed by atoms with van der Waals surface area (Å²) in [6.07, 6.45) is 2.36. The van der Waals surface area contributed by atoms with Crippen molar-refractivity contribution in [2.75, 3.05) is 5.75 Å². The first kappa shape index (κ1) is 17.4. The molecule has 0 fully saturated rings. The SMILES string of the molecule is OC(C1=C(c2ccc(F)cc2F)SCC1c1cccs1)c1cccnc1. The topological polar surface area (TPSA) is 33.1 Å². The van der Waals surface area contributed by atoms with Crippen LogP contribution in [-0.2, 0) is 0 Å². The molecule has 2 nitrogen and oxygen atoms in total. The molecule has 1 aliphatic rings. The number of thioether (sulfide) groups is 1. The molecule has 1 N–H and O–H groups in total. The minimum Gasteiger partial charge on any atom is -0.384 e. The van der Waals surface area contributed by atoms with Gasteiger partial charge in [-0.05, 0) is 35.2 Å². The van der Waals surface area contributed by atoms with Gasteiger partial charge in [-0.25, -0.2) is 8.78 Å². The monoisotopic (exact) mass is 387 g/mol. The zero-order valence-electron chi connectivity index (χ0n) is 13.6. The van der Waals surface area contributed by atoms with Gasteiger partial charge < -0.3 is 5.11 Å². The van der Waals surface area contributed by atoms with Gasteiger partial charge in [0.05, 0.1) is 0 Å². The third kappa shape index (κ3) is 3.20. The second kappa shape index (κ2) is 7.31. The van der Waals surface area contributed by atoms with E-state index in [4.69, 9.17) is 0 Å². The van der Waals surface area contributed by atoms with Gasteiger partial charge in [0.2, 0.25) is 0 Å². The van der Waals surface area contributed by atoms with Gasteiger partial charge in [0.25, 0.3) is 0 Å². The van der Waals surface area contributed by atoms with Crippen LogP contribution in [0.5, 0.6) is 0 Å². The fourth-order valence-electron chi connectivity index (χ4n) is 3.16. The third-order valence-corrected chi connectivity index (χ3v) is 6.62. The third-order valence-electron chi connectivity index (χ3n) is 4.39. The lowest BCUT2D eigenvalue weighted by molar-refractivity contribution is 0.210. The molecule has 2 atom stereocenters. The van der Waals surface area contributed by atoms with E-state index in [9.17, 15) is 13.9 Å². The van der Waals surface area contributed by atoms with Gasteiger partial charge in [0.1, 0.15) is 17.7 Å². The molecule has 26 heavy (non-hydrogen) atoms. The molecule has 6 heteroatoms. The molecular weight excluding hydrogens is 372 g/mol. The van der Waals surface area contributed by atoms with Crippen LogP contribution < -0.4 is 0 Å². The second-order valence-corrected chi connectivity index (χ2v) is 7.99. The summed E-state index contributed by atoms with van der Waals surface area (Å²) in [4.78, 5) is 5.88. The number of benzene rings is 1. The van der Waals surface area contributed by atoms with Crippen LogP contribution in [0, 0.1) is 11.6 Å². The molecule has 132 valence electrons. The van der Waals surface area contributed by atoms with E-state index < -0.39 is 17.7 Å². The van der Waals surface area contributed by atoms with Gasteiger partial charge in [0, 0.05) is 51.0 Å². The van der Waals surface area contributed by atoms with Gasteiger partial charge in [0.15, 0.2) is 0 Å². The standard InChI is InChI=1S/C20H15F2NOS2/c21-13-5-6-14(16(22)9-13)20-18(19(24)12-3-1-7-23-10-12)15(11-26-20)17-4-2-8-25-17/h1-10,15,19,24H,11H2. The van der Waals surface area contributed by atoms with Gasteiger partial charge in [-0.1, -0.05) is 12.1 Å². The van der Waals surface area contributed by atoms with Crippen LogP contribution in [0.1, 0.15) is 28.0 Å². The number of hydrogen-bond donors (Lipinski definition) is 1. The Morgan fingerprint density at radius 2 is 2.04 bits per heavy atom. The average Bonchev–Trinajstić information content (AvgIpc) is 3.31. The molecule has 3 aromatic rings. The minimum absolute atomic E-state index is 0.0188. The summed E-state index contributed by atoms with van der Waals surface area (Å²) in [6, 6.07) is 11.1. The molecule has 2 unspecified atom stereocenters. The van der Waals surface area contributed by atoms with Crippen LogP contribution in [0.15, 0.2) is 65.8 Å². The predicted molar refractivity (Wildman–Crippen MR) is 102 cm³/mol. The highest BCUT2D eigenvalue weighted by atomic mass is 32.2. The Hall–Kier alpha value is -2.02. The van der Waals surface area contributed by atoms with Crippen molar-refractivity contribution < 1.29 is 13.9 Å². The molecule has 0 saturated carbocycles. The van der Waals surface area contributed by atoms with Crippen molar-refractivity contribution in [3.8, 4) is 0 Å². The van der Waals surface area contributed by atoms with Gasteiger partial charge in [-0.3, -0.25) is 4.98 Å². The first-order valence-electron chi connectivity index (χ1n) is 8.09. The number of aliphatic hydroxyl groups is 1. The fourth-order valence-corrected chi connectivity index (χ4v) is 5.55. The first-order chi connectivity index (χ1) is 12.6. The zero-order chi connectivity index (χ0) is 18.1. The summed E-state index contributed by atoms with van der Waals surface area (Å²) in [5, 5.41) is 13.1. The van der Waals surface area contributed by atoms with E-state index in [1.165, 1.54) is 23.9 Å². The number of nitrogens with zero attached hydrogens (tertiary/aromatic N) is 1. The van der Waals surface area contributed by atoms with Crippen molar-refractivity contribution in [2.24, 2.45) is 0 Å². The number of halogens is 2. The molecule has 1 aliphatic heterocycles. The van der Waals surface area contributed by atoms with Gasteiger partial charge in [-0.2, -0.15) is 0 Å². The lowest BCUT2D eigenvalue weighted by Gasteiger charge is -2.20. The van der Waals surface area contributed by atoms with E-state index >= 15 is 0 Å². The summed E-state index contributed by atoms with van der Waals surface area (Å²) < 4.78 is 27.8. The lowest BCUT2D eigenvalue weighted by Crippen LogP contribution is -2.10. The summed E-state index contributed by atoms with van der Waals surface area (Å²) in [7, 11) is 0. The fraction of sp³-hybridized carbons (Fsp3) is 0.150. The molecule has 4 rings (SSSR count). The highest BCUT2D eigenvalue weighted by Gasteiger charge is 2.35.